The van der Waals surface area contributed by atoms with E-state index in [-0.39, 0.29) is 0 Å². The van der Waals surface area contributed by atoms with E-state index >= 15 is 0 Å². The third kappa shape index (κ3) is 6.27. The molecule has 0 heterocycles. The molecule has 1 fully saturated rings. The minimum atomic E-state index is 0.756. The maximum atomic E-state index is 5.26. The van der Waals surface area contributed by atoms with Crippen molar-refractivity contribution in [3.63, 3.8) is 0 Å². The van der Waals surface area contributed by atoms with E-state index in [0.29, 0.717) is 0 Å². The normalized spacial score (nSPS) is 29.7. The Morgan fingerprint density at radius 1 is 1.21 bits per heavy atom. The van der Waals surface area contributed by atoms with Gasteiger partial charge in [-0.1, -0.05) is 34.1 Å². The van der Waals surface area contributed by atoms with Gasteiger partial charge in [-0.25, -0.2) is 0 Å². The highest BCUT2D eigenvalue weighted by atomic mass is 16.5. The first-order valence-electron chi connectivity index (χ1n) is 8.24. The first-order valence-corrected chi connectivity index (χ1v) is 8.24. The van der Waals surface area contributed by atoms with Crippen LogP contribution in [0.1, 0.15) is 53.4 Å². The zero-order valence-corrected chi connectivity index (χ0v) is 13.7. The topological polar surface area (TPSA) is 21.3 Å². The highest BCUT2D eigenvalue weighted by Gasteiger charge is 2.31. The van der Waals surface area contributed by atoms with E-state index in [0.717, 1.165) is 42.7 Å². The molecule has 0 saturated heterocycles. The Balaban J connectivity index is 2.44. The minimum absolute atomic E-state index is 0.756. The fourth-order valence-electron chi connectivity index (χ4n) is 3.51. The van der Waals surface area contributed by atoms with Crippen LogP contribution in [0.2, 0.25) is 0 Å². The molecule has 0 bridgehead atoms. The summed E-state index contributed by atoms with van der Waals surface area (Å²) in [6.07, 6.45) is 5.46. The lowest BCUT2D eigenvalue weighted by Gasteiger charge is -2.39. The molecule has 4 unspecified atom stereocenters. The molecule has 0 amide bonds. The molecule has 0 spiro atoms. The Morgan fingerprint density at radius 3 is 2.58 bits per heavy atom. The summed E-state index contributed by atoms with van der Waals surface area (Å²) in [4.78, 5) is 0. The Labute approximate surface area is 120 Å². The van der Waals surface area contributed by atoms with Crippen molar-refractivity contribution in [2.75, 3.05) is 26.8 Å². The molecular formula is C17H35NO. The summed E-state index contributed by atoms with van der Waals surface area (Å²) < 4.78 is 5.26. The average Bonchev–Trinajstić information content (AvgIpc) is 2.37. The predicted octanol–water partition coefficient (Wildman–Crippen LogP) is 3.96. The van der Waals surface area contributed by atoms with Gasteiger partial charge >= 0.3 is 0 Å². The number of ether oxygens (including phenoxy) is 1. The monoisotopic (exact) mass is 269 g/mol. The van der Waals surface area contributed by atoms with Crippen LogP contribution in [0.25, 0.3) is 0 Å². The molecule has 0 radical (unpaired) electrons. The van der Waals surface area contributed by atoms with Crippen LogP contribution in [-0.2, 0) is 4.74 Å². The Kier molecular flexibility index (Phi) is 8.01. The van der Waals surface area contributed by atoms with Crippen molar-refractivity contribution in [2.45, 2.75) is 53.4 Å². The molecule has 0 aromatic rings. The number of methoxy groups -OCH3 is 1. The number of hydrogen-bond donors (Lipinski definition) is 1. The van der Waals surface area contributed by atoms with Gasteiger partial charge in [-0.3, -0.25) is 0 Å². The SMILES string of the molecule is COCCC(C)C1CC(C)CCC1CNCC(C)C. The Hall–Kier alpha value is -0.0800. The van der Waals surface area contributed by atoms with Gasteiger partial charge in [-0.2, -0.15) is 0 Å². The summed E-state index contributed by atoms with van der Waals surface area (Å²) in [6.45, 7) is 12.7. The molecule has 2 nitrogen and oxygen atoms in total. The second-order valence-corrected chi connectivity index (χ2v) is 7.15. The standard InChI is InChI=1S/C17H35NO/c1-13(2)11-18-12-16-7-6-14(3)10-17(16)15(4)8-9-19-5/h13-18H,6-12H2,1-5H3. The molecule has 0 aliphatic heterocycles. The van der Waals surface area contributed by atoms with Gasteiger partial charge < -0.3 is 10.1 Å². The van der Waals surface area contributed by atoms with E-state index in [1.165, 1.54) is 32.2 Å². The molecule has 1 aliphatic carbocycles. The molecule has 1 N–H and O–H groups in total. The number of nitrogens with one attached hydrogen (secondary N) is 1. The lowest BCUT2D eigenvalue weighted by Crippen LogP contribution is -2.37. The van der Waals surface area contributed by atoms with Crippen molar-refractivity contribution >= 4 is 0 Å². The maximum Gasteiger partial charge on any atom is 0.0464 e. The van der Waals surface area contributed by atoms with Crippen molar-refractivity contribution in [3.05, 3.63) is 0 Å². The Morgan fingerprint density at radius 2 is 1.95 bits per heavy atom. The smallest absolute Gasteiger partial charge is 0.0464 e. The quantitative estimate of drug-likeness (QED) is 0.720. The molecule has 1 rings (SSSR count). The van der Waals surface area contributed by atoms with Gasteiger partial charge in [-0.05, 0) is 61.9 Å². The molecule has 4 atom stereocenters. The van der Waals surface area contributed by atoms with Gasteiger partial charge in [0.1, 0.15) is 0 Å². The van der Waals surface area contributed by atoms with Gasteiger partial charge in [0.25, 0.3) is 0 Å². The predicted molar refractivity (Wildman–Crippen MR) is 83.4 cm³/mol. The fourth-order valence-corrected chi connectivity index (χ4v) is 3.51. The molecule has 1 saturated carbocycles. The van der Waals surface area contributed by atoms with Gasteiger partial charge in [0.2, 0.25) is 0 Å². The largest absolute Gasteiger partial charge is 0.385 e. The van der Waals surface area contributed by atoms with Crippen LogP contribution in [0.3, 0.4) is 0 Å². The van der Waals surface area contributed by atoms with Crippen molar-refractivity contribution in [1.82, 2.24) is 5.32 Å². The van der Waals surface area contributed by atoms with Crippen LogP contribution in [0.15, 0.2) is 0 Å². The van der Waals surface area contributed by atoms with Gasteiger partial charge in [0, 0.05) is 13.7 Å². The van der Waals surface area contributed by atoms with E-state index in [1.54, 1.807) is 0 Å². The van der Waals surface area contributed by atoms with Crippen molar-refractivity contribution in [2.24, 2.45) is 29.6 Å². The van der Waals surface area contributed by atoms with Gasteiger partial charge in [0.15, 0.2) is 0 Å². The molecule has 2 heteroatoms. The number of rotatable bonds is 8. The summed E-state index contributed by atoms with van der Waals surface area (Å²) >= 11 is 0. The van der Waals surface area contributed by atoms with Crippen LogP contribution in [0.5, 0.6) is 0 Å². The molecule has 0 aromatic carbocycles. The van der Waals surface area contributed by atoms with Gasteiger partial charge in [-0.15, -0.1) is 0 Å². The molecule has 114 valence electrons. The second kappa shape index (κ2) is 8.97. The zero-order valence-electron chi connectivity index (χ0n) is 13.7. The van der Waals surface area contributed by atoms with Crippen molar-refractivity contribution in [3.8, 4) is 0 Å². The van der Waals surface area contributed by atoms with E-state index in [4.69, 9.17) is 4.74 Å². The maximum absolute atomic E-state index is 5.26. The highest BCUT2D eigenvalue weighted by Crippen LogP contribution is 2.39. The van der Waals surface area contributed by atoms with Crippen LogP contribution < -0.4 is 5.32 Å². The summed E-state index contributed by atoms with van der Waals surface area (Å²) in [7, 11) is 1.82. The van der Waals surface area contributed by atoms with Gasteiger partial charge in [0.05, 0.1) is 0 Å². The van der Waals surface area contributed by atoms with Crippen LogP contribution in [-0.4, -0.2) is 26.8 Å². The molecular weight excluding hydrogens is 234 g/mol. The average molecular weight is 269 g/mol. The lowest BCUT2D eigenvalue weighted by molar-refractivity contribution is 0.101. The van der Waals surface area contributed by atoms with E-state index in [1.807, 2.05) is 7.11 Å². The third-order valence-electron chi connectivity index (χ3n) is 4.78. The van der Waals surface area contributed by atoms with E-state index in [9.17, 15) is 0 Å². The lowest BCUT2D eigenvalue weighted by atomic mass is 9.69. The third-order valence-corrected chi connectivity index (χ3v) is 4.78. The summed E-state index contributed by atoms with van der Waals surface area (Å²) in [5.41, 5.74) is 0. The van der Waals surface area contributed by atoms with E-state index < -0.39 is 0 Å². The zero-order chi connectivity index (χ0) is 14.3. The molecule has 0 aromatic heterocycles. The highest BCUT2D eigenvalue weighted by molar-refractivity contribution is 4.83. The van der Waals surface area contributed by atoms with Crippen LogP contribution >= 0.6 is 0 Å². The van der Waals surface area contributed by atoms with Crippen molar-refractivity contribution < 1.29 is 4.74 Å². The number of hydrogen-bond acceptors (Lipinski definition) is 2. The summed E-state index contributed by atoms with van der Waals surface area (Å²) in [5, 5.41) is 3.68. The summed E-state index contributed by atoms with van der Waals surface area (Å²) in [6, 6.07) is 0. The first kappa shape index (κ1) is 17.0. The van der Waals surface area contributed by atoms with Crippen LogP contribution in [0.4, 0.5) is 0 Å². The van der Waals surface area contributed by atoms with Crippen LogP contribution in [0, 0.1) is 29.6 Å². The first-order chi connectivity index (χ1) is 9.04. The Bertz CT molecular complexity index is 229. The van der Waals surface area contributed by atoms with Crippen molar-refractivity contribution in [1.29, 1.82) is 0 Å². The molecule has 1 aliphatic rings. The van der Waals surface area contributed by atoms with E-state index in [2.05, 4.69) is 33.0 Å². The fraction of sp³-hybridized carbons (Fsp3) is 1.00. The second-order valence-electron chi connectivity index (χ2n) is 7.15. The molecule has 19 heavy (non-hydrogen) atoms. The minimum Gasteiger partial charge on any atom is -0.385 e. The summed E-state index contributed by atoms with van der Waals surface area (Å²) in [5.74, 6) is 4.23.